The zero-order chi connectivity index (χ0) is 14.5. The van der Waals surface area contributed by atoms with E-state index in [0.29, 0.717) is 11.3 Å². The smallest absolute Gasteiger partial charge is 0.291 e. The first-order valence-electron chi connectivity index (χ1n) is 5.77. The summed E-state index contributed by atoms with van der Waals surface area (Å²) in [6.07, 6.45) is 0. The van der Waals surface area contributed by atoms with Gasteiger partial charge in [-0.2, -0.15) is 5.26 Å². The summed E-state index contributed by atoms with van der Waals surface area (Å²) in [6.45, 7) is 1.34. The Morgan fingerprint density at radius 2 is 2.00 bits per heavy atom. The molecule has 6 heteroatoms. The highest BCUT2D eigenvalue weighted by Crippen LogP contribution is 2.16. The van der Waals surface area contributed by atoms with Crippen LogP contribution in [0, 0.1) is 11.3 Å². The Kier molecular flexibility index (Phi) is 3.82. The number of carbonyl (C=O) groups is 2. The molecular formula is C14H11N3O3. The predicted octanol–water partition coefficient (Wildman–Crippen LogP) is 2.36. The van der Waals surface area contributed by atoms with Gasteiger partial charge in [-0.05, 0) is 24.3 Å². The van der Waals surface area contributed by atoms with E-state index >= 15 is 0 Å². The zero-order valence-electron chi connectivity index (χ0n) is 10.6. The van der Waals surface area contributed by atoms with Crippen LogP contribution in [-0.4, -0.2) is 11.8 Å². The van der Waals surface area contributed by atoms with E-state index in [9.17, 15) is 9.59 Å². The largest absolute Gasteiger partial charge is 0.435 e. The third kappa shape index (κ3) is 3.23. The van der Waals surface area contributed by atoms with Crippen LogP contribution in [0.25, 0.3) is 0 Å². The maximum atomic E-state index is 11.9. The molecule has 6 nitrogen and oxygen atoms in total. The molecule has 100 valence electrons. The van der Waals surface area contributed by atoms with Crippen molar-refractivity contribution in [2.24, 2.45) is 0 Å². The van der Waals surface area contributed by atoms with Crippen molar-refractivity contribution >= 4 is 23.4 Å². The average Bonchev–Trinajstić information content (AvgIpc) is 2.86. The van der Waals surface area contributed by atoms with Crippen LogP contribution in [0.3, 0.4) is 0 Å². The Balaban J connectivity index is 2.10. The van der Waals surface area contributed by atoms with E-state index in [1.165, 1.54) is 19.1 Å². The molecule has 0 spiro atoms. The zero-order valence-corrected chi connectivity index (χ0v) is 10.6. The van der Waals surface area contributed by atoms with Crippen molar-refractivity contribution in [3.8, 4) is 6.07 Å². The Labute approximate surface area is 115 Å². The van der Waals surface area contributed by atoms with Gasteiger partial charge in [0.15, 0.2) is 11.6 Å². The molecule has 20 heavy (non-hydrogen) atoms. The van der Waals surface area contributed by atoms with Gasteiger partial charge in [0, 0.05) is 18.7 Å². The fraction of sp³-hybridized carbons (Fsp3) is 0.0714. The van der Waals surface area contributed by atoms with Gasteiger partial charge in [0.25, 0.3) is 5.91 Å². The second kappa shape index (κ2) is 5.71. The highest BCUT2D eigenvalue weighted by Gasteiger charge is 2.12. The third-order valence-corrected chi connectivity index (χ3v) is 2.38. The number of hydrogen-bond donors (Lipinski definition) is 2. The molecule has 0 aliphatic rings. The van der Waals surface area contributed by atoms with Crippen molar-refractivity contribution in [2.75, 3.05) is 10.6 Å². The summed E-state index contributed by atoms with van der Waals surface area (Å²) < 4.78 is 5.18. The van der Waals surface area contributed by atoms with E-state index in [0.717, 1.165) is 0 Å². The lowest BCUT2D eigenvalue weighted by atomic mass is 10.2. The van der Waals surface area contributed by atoms with E-state index in [1.807, 2.05) is 6.07 Å². The number of hydrogen-bond acceptors (Lipinski definition) is 4. The van der Waals surface area contributed by atoms with Gasteiger partial charge < -0.3 is 9.73 Å². The van der Waals surface area contributed by atoms with Gasteiger partial charge in [-0.15, -0.1) is 0 Å². The number of nitrogens with one attached hydrogen (secondary N) is 2. The number of furan rings is 1. The fourth-order valence-electron chi connectivity index (χ4n) is 1.56. The first-order chi connectivity index (χ1) is 9.58. The molecule has 0 unspecified atom stereocenters. The highest BCUT2D eigenvalue weighted by atomic mass is 16.4. The van der Waals surface area contributed by atoms with E-state index in [2.05, 4.69) is 10.6 Å². The molecule has 0 radical (unpaired) electrons. The van der Waals surface area contributed by atoms with Crippen LogP contribution in [0.5, 0.6) is 0 Å². The maximum absolute atomic E-state index is 11.9. The lowest BCUT2D eigenvalue weighted by Gasteiger charge is -2.03. The number of benzene rings is 1. The summed E-state index contributed by atoms with van der Waals surface area (Å²) in [5.41, 5.74) is 0.938. The van der Waals surface area contributed by atoms with Crippen LogP contribution in [0.4, 0.5) is 11.6 Å². The molecule has 1 heterocycles. The topological polar surface area (TPSA) is 95.1 Å². The molecule has 2 N–H and O–H groups in total. The van der Waals surface area contributed by atoms with Gasteiger partial charge in [-0.1, -0.05) is 6.07 Å². The molecule has 1 aromatic heterocycles. The molecule has 0 saturated heterocycles. The average molecular weight is 269 g/mol. The van der Waals surface area contributed by atoms with E-state index in [-0.39, 0.29) is 17.6 Å². The molecule has 1 aromatic carbocycles. The van der Waals surface area contributed by atoms with Crippen LogP contribution >= 0.6 is 0 Å². The van der Waals surface area contributed by atoms with E-state index in [4.69, 9.17) is 9.68 Å². The molecule has 2 amide bonds. The van der Waals surface area contributed by atoms with Gasteiger partial charge in [0.1, 0.15) is 0 Å². The molecule has 0 aliphatic heterocycles. The molecule has 2 rings (SSSR count). The summed E-state index contributed by atoms with van der Waals surface area (Å²) in [4.78, 5) is 22.8. The van der Waals surface area contributed by atoms with Crippen LogP contribution in [0.2, 0.25) is 0 Å². The predicted molar refractivity (Wildman–Crippen MR) is 72.1 cm³/mol. The second-order valence-corrected chi connectivity index (χ2v) is 3.99. The van der Waals surface area contributed by atoms with Gasteiger partial charge >= 0.3 is 0 Å². The van der Waals surface area contributed by atoms with Crippen molar-refractivity contribution in [1.82, 2.24) is 0 Å². The normalized spacial score (nSPS) is 9.60. The number of nitrogens with zero attached hydrogens (tertiary/aromatic N) is 1. The molecule has 0 saturated carbocycles. The van der Waals surface area contributed by atoms with Gasteiger partial charge in [-0.3, -0.25) is 14.9 Å². The van der Waals surface area contributed by atoms with Crippen molar-refractivity contribution in [3.63, 3.8) is 0 Å². The molecule has 0 bridgehead atoms. The summed E-state index contributed by atoms with van der Waals surface area (Å²) in [6, 6.07) is 11.4. The summed E-state index contributed by atoms with van der Waals surface area (Å²) in [5, 5.41) is 13.8. The van der Waals surface area contributed by atoms with E-state index in [1.54, 1.807) is 24.3 Å². The summed E-state index contributed by atoms with van der Waals surface area (Å²) >= 11 is 0. The second-order valence-electron chi connectivity index (χ2n) is 3.99. The molecule has 0 aliphatic carbocycles. The minimum Gasteiger partial charge on any atom is -0.435 e. The number of nitriles is 1. The van der Waals surface area contributed by atoms with Gasteiger partial charge in [-0.25, -0.2) is 0 Å². The van der Waals surface area contributed by atoms with Crippen molar-refractivity contribution in [2.45, 2.75) is 6.92 Å². The fourth-order valence-corrected chi connectivity index (χ4v) is 1.56. The van der Waals surface area contributed by atoms with Crippen LogP contribution in [0.15, 0.2) is 40.8 Å². The SMILES string of the molecule is CC(=O)Nc1ccc(C(=O)Nc2cccc(C#N)c2)o1. The monoisotopic (exact) mass is 269 g/mol. The Hall–Kier alpha value is -3.07. The molecule has 0 atom stereocenters. The van der Waals surface area contributed by atoms with Crippen LogP contribution in [-0.2, 0) is 4.79 Å². The number of carbonyl (C=O) groups excluding carboxylic acids is 2. The highest BCUT2D eigenvalue weighted by molar-refractivity contribution is 6.02. The van der Waals surface area contributed by atoms with Crippen molar-refractivity contribution in [3.05, 3.63) is 47.7 Å². The first-order valence-corrected chi connectivity index (χ1v) is 5.77. The summed E-state index contributed by atoms with van der Waals surface area (Å²) in [7, 11) is 0. The third-order valence-electron chi connectivity index (χ3n) is 2.38. The first kappa shape index (κ1) is 13.4. The molecular weight excluding hydrogens is 258 g/mol. The number of anilines is 2. The number of amides is 2. The van der Waals surface area contributed by atoms with Gasteiger partial charge in [0.05, 0.1) is 11.6 Å². The maximum Gasteiger partial charge on any atom is 0.291 e. The number of rotatable bonds is 3. The standard InChI is InChI=1S/C14H11N3O3/c1-9(18)16-13-6-5-12(20-13)14(19)17-11-4-2-3-10(7-11)8-15/h2-7H,1H3,(H,16,18)(H,17,19). The quantitative estimate of drug-likeness (QED) is 0.894. The van der Waals surface area contributed by atoms with Crippen molar-refractivity contribution in [1.29, 1.82) is 5.26 Å². The molecule has 2 aromatic rings. The van der Waals surface area contributed by atoms with Crippen molar-refractivity contribution < 1.29 is 14.0 Å². The lowest BCUT2D eigenvalue weighted by molar-refractivity contribution is -0.114. The minimum absolute atomic E-state index is 0.0658. The van der Waals surface area contributed by atoms with Crippen LogP contribution < -0.4 is 10.6 Å². The summed E-state index contributed by atoms with van der Waals surface area (Å²) in [5.74, 6) is -0.478. The minimum atomic E-state index is -0.461. The Bertz CT molecular complexity index is 698. The molecule has 0 fully saturated rings. The lowest BCUT2D eigenvalue weighted by Crippen LogP contribution is -2.11. The van der Waals surface area contributed by atoms with Gasteiger partial charge in [0.2, 0.25) is 5.91 Å². The van der Waals surface area contributed by atoms with Crippen LogP contribution in [0.1, 0.15) is 23.0 Å². The Morgan fingerprint density at radius 1 is 1.20 bits per heavy atom. The van der Waals surface area contributed by atoms with E-state index < -0.39 is 5.91 Å². The Morgan fingerprint density at radius 3 is 2.70 bits per heavy atom.